The molecule has 2 atom stereocenters. The Morgan fingerprint density at radius 1 is 1.04 bits per heavy atom. The van der Waals surface area contributed by atoms with Gasteiger partial charge in [-0.05, 0) is 42.9 Å². The van der Waals surface area contributed by atoms with Crippen LogP contribution in [0.5, 0.6) is 0 Å². The summed E-state index contributed by atoms with van der Waals surface area (Å²) in [5.74, 6) is -1.41. The van der Waals surface area contributed by atoms with Gasteiger partial charge in [0, 0.05) is 24.1 Å². The lowest BCUT2D eigenvalue weighted by Gasteiger charge is -2.23. The van der Waals surface area contributed by atoms with Gasteiger partial charge in [0.1, 0.15) is 5.82 Å². The van der Waals surface area contributed by atoms with Crippen LogP contribution >= 0.6 is 0 Å². The van der Waals surface area contributed by atoms with Crippen LogP contribution < -0.4 is 0 Å². The van der Waals surface area contributed by atoms with Crippen molar-refractivity contribution in [2.75, 3.05) is 0 Å². The smallest absolute Gasteiger partial charge is 0.335 e. The van der Waals surface area contributed by atoms with E-state index < -0.39 is 23.6 Å². The van der Waals surface area contributed by atoms with Crippen LogP contribution in [0.3, 0.4) is 0 Å². The molecule has 0 aliphatic heterocycles. The van der Waals surface area contributed by atoms with Crippen molar-refractivity contribution < 1.29 is 22.4 Å². The number of rotatable bonds is 5. The number of hydrogen-bond acceptors (Lipinski definition) is 1. The molecule has 0 N–H and O–H groups in total. The molecule has 27 heavy (non-hydrogen) atoms. The molecule has 2 saturated carbocycles. The molecule has 0 aromatic heterocycles. The minimum absolute atomic E-state index is 0.0659. The Kier molecular flexibility index (Phi) is 4.44. The summed E-state index contributed by atoms with van der Waals surface area (Å²) in [6.07, 6.45) is -2.31. The van der Waals surface area contributed by atoms with Crippen molar-refractivity contribution in [1.29, 1.82) is 0 Å². The van der Waals surface area contributed by atoms with Crippen molar-refractivity contribution >= 4 is 5.91 Å². The van der Waals surface area contributed by atoms with E-state index in [4.69, 9.17) is 0 Å². The lowest BCUT2D eigenvalue weighted by atomic mass is 10.0. The Morgan fingerprint density at radius 3 is 2.37 bits per heavy atom. The van der Waals surface area contributed by atoms with Crippen LogP contribution in [0.2, 0.25) is 0 Å². The SMILES string of the molecule is O=C(C1CC1c1ccccc1C(F)(F)F)N(Cc1ccccc1F)C1CC1. The van der Waals surface area contributed by atoms with Crippen LogP contribution in [-0.2, 0) is 17.5 Å². The average molecular weight is 377 g/mol. The van der Waals surface area contributed by atoms with Gasteiger partial charge in [-0.15, -0.1) is 0 Å². The summed E-state index contributed by atoms with van der Waals surface area (Å²) in [7, 11) is 0. The fraction of sp³-hybridized carbons (Fsp3) is 0.381. The fourth-order valence-corrected chi connectivity index (χ4v) is 3.69. The van der Waals surface area contributed by atoms with Crippen LogP contribution in [0.25, 0.3) is 0 Å². The van der Waals surface area contributed by atoms with E-state index in [1.165, 1.54) is 18.2 Å². The number of carbonyl (C=O) groups excluding carboxylic acids is 1. The summed E-state index contributed by atoms with van der Waals surface area (Å²) in [5, 5.41) is 0. The summed E-state index contributed by atoms with van der Waals surface area (Å²) in [5.41, 5.74) is -0.0481. The van der Waals surface area contributed by atoms with Gasteiger partial charge in [-0.1, -0.05) is 36.4 Å². The lowest BCUT2D eigenvalue weighted by Crippen LogP contribution is -2.34. The van der Waals surface area contributed by atoms with E-state index in [2.05, 4.69) is 0 Å². The molecular formula is C21H19F4NO. The Balaban J connectivity index is 1.53. The predicted molar refractivity (Wildman–Crippen MR) is 92.3 cm³/mol. The average Bonchev–Trinajstić information content (AvgIpc) is 3.53. The first-order valence-corrected chi connectivity index (χ1v) is 9.06. The van der Waals surface area contributed by atoms with Gasteiger partial charge in [0.2, 0.25) is 5.91 Å². The third-order valence-electron chi connectivity index (χ3n) is 5.34. The van der Waals surface area contributed by atoms with Crippen molar-refractivity contribution in [3.63, 3.8) is 0 Å². The van der Waals surface area contributed by atoms with Gasteiger partial charge in [0.15, 0.2) is 0 Å². The van der Waals surface area contributed by atoms with Crippen molar-refractivity contribution in [2.45, 2.75) is 43.9 Å². The molecule has 4 rings (SSSR count). The minimum Gasteiger partial charge on any atom is -0.335 e. The maximum absolute atomic E-state index is 14.0. The second-order valence-electron chi connectivity index (χ2n) is 7.32. The van der Waals surface area contributed by atoms with Crippen LogP contribution in [0, 0.1) is 11.7 Å². The summed E-state index contributed by atoms with van der Waals surface area (Å²) in [6, 6.07) is 11.8. The van der Waals surface area contributed by atoms with E-state index in [0.29, 0.717) is 12.0 Å². The van der Waals surface area contributed by atoms with E-state index in [1.807, 2.05) is 0 Å². The van der Waals surface area contributed by atoms with Crippen LogP contribution in [-0.4, -0.2) is 16.8 Å². The molecule has 2 nitrogen and oxygen atoms in total. The monoisotopic (exact) mass is 377 g/mol. The molecule has 142 valence electrons. The molecular weight excluding hydrogens is 358 g/mol. The quantitative estimate of drug-likeness (QED) is 0.661. The normalized spacial score (nSPS) is 21.8. The maximum Gasteiger partial charge on any atom is 0.416 e. The largest absolute Gasteiger partial charge is 0.416 e. The van der Waals surface area contributed by atoms with Crippen molar-refractivity contribution in [1.82, 2.24) is 4.90 Å². The second-order valence-corrected chi connectivity index (χ2v) is 7.32. The first kappa shape index (κ1) is 18.0. The molecule has 1 amide bonds. The molecule has 2 unspecified atom stereocenters. The van der Waals surface area contributed by atoms with Gasteiger partial charge >= 0.3 is 6.18 Å². The molecule has 2 aliphatic rings. The maximum atomic E-state index is 14.0. The minimum atomic E-state index is -4.43. The van der Waals surface area contributed by atoms with Crippen LogP contribution in [0.15, 0.2) is 48.5 Å². The highest BCUT2D eigenvalue weighted by atomic mass is 19.4. The molecule has 2 aromatic carbocycles. The van der Waals surface area contributed by atoms with Crippen molar-refractivity contribution in [2.24, 2.45) is 5.92 Å². The highest BCUT2D eigenvalue weighted by Crippen LogP contribution is 2.52. The summed E-state index contributed by atoms with van der Waals surface area (Å²) >= 11 is 0. The number of amides is 1. The number of nitrogens with zero attached hydrogens (tertiary/aromatic N) is 1. The number of carbonyl (C=O) groups is 1. The zero-order chi connectivity index (χ0) is 19.2. The molecule has 6 heteroatoms. The van der Waals surface area contributed by atoms with Crippen LogP contribution in [0.1, 0.15) is 41.9 Å². The topological polar surface area (TPSA) is 20.3 Å². The van der Waals surface area contributed by atoms with Crippen molar-refractivity contribution in [3.05, 3.63) is 71.0 Å². The number of alkyl halides is 3. The fourth-order valence-electron chi connectivity index (χ4n) is 3.69. The molecule has 0 heterocycles. The van der Waals surface area contributed by atoms with E-state index in [-0.39, 0.29) is 29.9 Å². The zero-order valence-corrected chi connectivity index (χ0v) is 14.5. The molecule has 0 radical (unpaired) electrons. The van der Waals surface area contributed by atoms with Gasteiger partial charge in [0.05, 0.1) is 5.56 Å². The summed E-state index contributed by atoms with van der Waals surface area (Å²) < 4.78 is 53.7. The van der Waals surface area contributed by atoms with Gasteiger partial charge < -0.3 is 4.90 Å². The third kappa shape index (κ3) is 3.70. The Bertz CT molecular complexity index is 859. The standard InChI is InChI=1S/C21H19F4NO/c22-19-8-4-1-5-13(19)12-26(14-9-10-14)20(27)17-11-16(17)15-6-2-3-7-18(15)21(23,24)25/h1-8,14,16-17H,9-12H2. The molecule has 2 fully saturated rings. The number of benzene rings is 2. The van der Waals surface area contributed by atoms with E-state index >= 15 is 0 Å². The highest BCUT2D eigenvalue weighted by molar-refractivity contribution is 5.83. The van der Waals surface area contributed by atoms with Gasteiger partial charge in [-0.3, -0.25) is 4.79 Å². The Morgan fingerprint density at radius 2 is 1.70 bits per heavy atom. The molecule has 2 aliphatic carbocycles. The van der Waals surface area contributed by atoms with Gasteiger partial charge in [-0.25, -0.2) is 4.39 Å². The molecule has 0 spiro atoms. The van der Waals surface area contributed by atoms with Gasteiger partial charge in [-0.2, -0.15) is 13.2 Å². The summed E-state index contributed by atoms with van der Waals surface area (Å²) in [4.78, 5) is 14.6. The Hall–Kier alpha value is -2.37. The first-order chi connectivity index (χ1) is 12.9. The zero-order valence-electron chi connectivity index (χ0n) is 14.5. The second kappa shape index (κ2) is 6.66. The van der Waals surface area contributed by atoms with E-state index in [1.54, 1.807) is 29.2 Å². The first-order valence-electron chi connectivity index (χ1n) is 9.06. The van der Waals surface area contributed by atoms with Crippen molar-refractivity contribution in [3.8, 4) is 0 Å². The van der Waals surface area contributed by atoms with Gasteiger partial charge in [0.25, 0.3) is 0 Å². The molecule has 0 bridgehead atoms. The van der Waals surface area contributed by atoms with E-state index in [9.17, 15) is 22.4 Å². The highest BCUT2D eigenvalue weighted by Gasteiger charge is 2.50. The lowest BCUT2D eigenvalue weighted by molar-refractivity contribution is -0.139. The van der Waals surface area contributed by atoms with Crippen LogP contribution in [0.4, 0.5) is 17.6 Å². The van der Waals surface area contributed by atoms with E-state index in [0.717, 1.165) is 18.9 Å². The number of halogens is 4. The Labute approximate surface area is 154 Å². The number of hydrogen-bond donors (Lipinski definition) is 0. The predicted octanol–water partition coefficient (Wildman–Crippen LogP) is 5.14. The molecule has 0 saturated heterocycles. The molecule has 2 aromatic rings. The summed E-state index contributed by atoms with van der Waals surface area (Å²) in [6.45, 7) is 0.167. The third-order valence-corrected chi connectivity index (χ3v) is 5.34.